The van der Waals surface area contributed by atoms with Crippen molar-refractivity contribution in [3.63, 3.8) is 0 Å². The van der Waals surface area contributed by atoms with Crippen LogP contribution in [0.5, 0.6) is 0 Å². The molecule has 2 aromatic rings. The summed E-state index contributed by atoms with van der Waals surface area (Å²) in [5.74, 6) is -0.186. The summed E-state index contributed by atoms with van der Waals surface area (Å²) in [6.07, 6.45) is 5.35. The first-order chi connectivity index (χ1) is 14.2. The van der Waals surface area contributed by atoms with Crippen molar-refractivity contribution in [2.75, 3.05) is 5.32 Å². The van der Waals surface area contributed by atoms with Gasteiger partial charge >= 0.3 is 6.09 Å². The number of nitriles is 1. The summed E-state index contributed by atoms with van der Waals surface area (Å²) >= 11 is 0. The quantitative estimate of drug-likeness (QED) is 0.682. The second kappa shape index (κ2) is 8.78. The van der Waals surface area contributed by atoms with Crippen LogP contribution in [0.3, 0.4) is 0 Å². The van der Waals surface area contributed by atoms with Crippen LogP contribution in [-0.2, 0) is 9.53 Å². The number of carbonyl (C=O) groups is 2. The van der Waals surface area contributed by atoms with Crippen molar-refractivity contribution in [3.8, 4) is 17.2 Å². The number of pyridine rings is 1. The van der Waals surface area contributed by atoms with E-state index in [1.165, 1.54) is 0 Å². The van der Waals surface area contributed by atoms with Crippen LogP contribution in [0, 0.1) is 11.3 Å². The third-order valence-corrected chi connectivity index (χ3v) is 4.40. The molecule has 154 valence electrons. The van der Waals surface area contributed by atoms with E-state index in [0.717, 1.165) is 11.1 Å². The van der Waals surface area contributed by atoms with Crippen LogP contribution in [0.1, 0.15) is 50.9 Å². The van der Waals surface area contributed by atoms with Crippen molar-refractivity contribution >= 4 is 17.7 Å². The first kappa shape index (κ1) is 21.1. The zero-order chi connectivity index (χ0) is 21.7. The molecule has 1 aliphatic rings. The predicted octanol–water partition coefficient (Wildman–Crippen LogP) is 4.47. The number of aromatic nitrogens is 1. The number of hydrogen-bond acceptors (Lipinski definition) is 5. The SMILES string of the molecule is CC(C)(C)OC(=O)N[C@H]1CC=CCC(=O)Nc2cc(C#N)ccc2-c2ccnc1c2. The molecule has 0 saturated carbocycles. The number of hydrogen-bond donors (Lipinski definition) is 2. The molecule has 1 aromatic heterocycles. The van der Waals surface area contributed by atoms with Crippen LogP contribution in [-0.4, -0.2) is 22.6 Å². The first-order valence-corrected chi connectivity index (χ1v) is 9.70. The number of nitrogens with zero attached hydrogens (tertiary/aromatic N) is 2. The highest BCUT2D eigenvalue weighted by atomic mass is 16.6. The van der Waals surface area contributed by atoms with E-state index >= 15 is 0 Å². The third kappa shape index (κ3) is 5.45. The molecule has 7 nitrogen and oxygen atoms in total. The van der Waals surface area contributed by atoms with Gasteiger partial charge in [-0.05, 0) is 57.0 Å². The molecule has 0 aliphatic carbocycles. The van der Waals surface area contributed by atoms with Gasteiger partial charge in [0.05, 0.1) is 23.4 Å². The molecule has 1 atom stereocenters. The molecule has 1 aromatic carbocycles. The third-order valence-electron chi connectivity index (χ3n) is 4.40. The summed E-state index contributed by atoms with van der Waals surface area (Å²) in [6.45, 7) is 5.41. The zero-order valence-electron chi connectivity index (χ0n) is 17.2. The highest BCUT2D eigenvalue weighted by molar-refractivity contribution is 5.96. The number of rotatable bonds is 1. The fraction of sp³-hybridized carbons (Fsp3) is 0.304. The number of fused-ring (bicyclic) bond motifs is 4. The zero-order valence-corrected chi connectivity index (χ0v) is 17.2. The minimum atomic E-state index is -0.615. The van der Waals surface area contributed by atoms with E-state index in [4.69, 9.17) is 4.74 Å². The van der Waals surface area contributed by atoms with Crippen molar-refractivity contribution in [3.05, 3.63) is 59.9 Å². The van der Waals surface area contributed by atoms with E-state index in [1.807, 2.05) is 18.2 Å². The van der Waals surface area contributed by atoms with E-state index in [2.05, 4.69) is 21.7 Å². The second-order valence-electron chi connectivity index (χ2n) is 8.00. The molecule has 2 heterocycles. The van der Waals surface area contributed by atoms with Crippen LogP contribution in [0.2, 0.25) is 0 Å². The van der Waals surface area contributed by atoms with Crippen molar-refractivity contribution in [2.24, 2.45) is 0 Å². The molecule has 30 heavy (non-hydrogen) atoms. The normalized spacial score (nSPS) is 16.2. The summed E-state index contributed by atoms with van der Waals surface area (Å²) in [7, 11) is 0. The number of nitrogens with one attached hydrogen (secondary N) is 2. The maximum Gasteiger partial charge on any atom is 0.408 e. The Hall–Kier alpha value is -3.66. The number of anilines is 1. The lowest BCUT2D eigenvalue weighted by molar-refractivity contribution is -0.115. The Balaban J connectivity index is 2.02. The van der Waals surface area contributed by atoms with Crippen LogP contribution in [0.4, 0.5) is 10.5 Å². The molecular weight excluding hydrogens is 380 g/mol. The minimum absolute atomic E-state index is 0.177. The van der Waals surface area contributed by atoms with E-state index < -0.39 is 17.7 Å². The van der Waals surface area contributed by atoms with Gasteiger partial charge in [-0.2, -0.15) is 5.26 Å². The summed E-state index contributed by atoms with van der Waals surface area (Å²) in [6, 6.07) is 10.5. The molecule has 2 amide bonds. The van der Waals surface area contributed by atoms with Gasteiger partial charge in [0.2, 0.25) is 5.91 Å². The number of amides is 2. The minimum Gasteiger partial charge on any atom is -0.444 e. The highest BCUT2D eigenvalue weighted by Crippen LogP contribution is 2.31. The van der Waals surface area contributed by atoms with Gasteiger partial charge in [-0.15, -0.1) is 0 Å². The average molecular weight is 404 g/mol. The fourth-order valence-corrected chi connectivity index (χ4v) is 3.10. The van der Waals surface area contributed by atoms with E-state index in [0.29, 0.717) is 23.4 Å². The average Bonchev–Trinajstić information content (AvgIpc) is 2.68. The Morgan fingerprint density at radius 2 is 2.07 bits per heavy atom. The second-order valence-corrected chi connectivity index (χ2v) is 8.00. The number of ether oxygens (including phenoxy) is 1. The van der Waals surface area contributed by atoms with Gasteiger partial charge < -0.3 is 15.4 Å². The van der Waals surface area contributed by atoms with Crippen molar-refractivity contribution < 1.29 is 14.3 Å². The molecule has 0 radical (unpaired) electrons. The molecule has 2 N–H and O–H groups in total. The van der Waals surface area contributed by atoms with Gasteiger partial charge in [0.15, 0.2) is 0 Å². The van der Waals surface area contributed by atoms with E-state index in [-0.39, 0.29) is 12.3 Å². The molecule has 0 unspecified atom stereocenters. The smallest absolute Gasteiger partial charge is 0.408 e. The Morgan fingerprint density at radius 1 is 1.27 bits per heavy atom. The summed E-state index contributed by atoms with van der Waals surface area (Å²) < 4.78 is 5.39. The van der Waals surface area contributed by atoms with Crippen LogP contribution >= 0.6 is 0 Å². The summed E-state index contributed by atoms with van der Waals surface area (Å²) in [4.78, 5) is 29.1. The Kier molecular flexibility index (Phi) is 6.17. The molecule has 1 aliphatic heterocycles. The summed E-state index contributed by atoms with van der Waals surface area (Å²) in [5.41, 5.74) is 2.66. The topological polar surface area (TPSA) is 104 Å². The largest absolute Gasteiger partial charge is 0.444 e. The Labute approximate surface area is 175 Å². The lowest BCUT2D eigenvalue weighted by Crippen LogP contribution is -2.35. The van der Waals surface area contributed by atoms with Crippen molar-refractivity contribution in [1.82, 2.24) is 10.3 Å². The van der Waals surface area contributed by atoms with Crippen LogP contribution in [0.25, 0.3) is 11.1 Å². The monoisotopic (exact) mass is 404 g/mol. The lowest BCUT2D eigenvalue weighted by Gasteiger charge is -2.23. The van der Waals surface area contributed by atoms with E-state index in [1.54, 1.807) is 51.2 Å². The molecule has 3 rings (SSSR count). The fourth-order valence-electron chi connectivity index (χ4n) is 3.10. The first-order valence-electron chi connectivity index (χ1n) is 9.70. The standard InChI is InChI=1S/C23H24N4O3/c1-23(2,3)30-22(29)27-18-6-4-5-7-21(28)26-19-12-15(14-24)8-9-17(19)16-10-11-25-20(18)13-16/h4-5,8-13,18H,6-7H2,1-3H3,(H,26,28)(H,27,29)/t18-/m0/s1. The van der Waals surface area contributed by atoms with Crippen LogP contribution in [0.15, 0.2) is 48.7 Å². The Bertz CT molecular complexity index is 1030. The molecule has 0 saturated heterocycles. The molecule has 0 fully saturated rings. The van der Waals surface area contributed by atoms with Gasteiger partial charge in [0.1, 0.15) is 5.60 Å². The molecule has 7 heteroatoms. The van der Waals surface area contributed by atoms with Crippen molar-refractivity contribution in [2.45, 2.75) is 45.3 Å². The predicted molar refractivity (Wildman–Crippen MR) is 114 cm³/mol. The molecular formula is C23H24N4O3. The van der Waals surface area contributed by atoms with E-state index in [9.17, 15) is 14.9 Å². The van der Waals surface area contributed by atoms with Gasteiger partial charge in [-0.25, -0.2) is 4.79 Å². The Morgan fingerprint density at radius 3 is 2.80 bits per heavy atom. The molecule has 2 bridgehead atoms. The van der Waals surface area contributed by atoms with Crippen molar-refractivity contribution in [1.29, 1.82) is 5.26 Å². The molecule has 0 spiro atoms. The highest BCUT2D eigenvalue weighted by Gasteiger charge is 2.22. The maximum absolute atomic E-state index is 12.4. The lowest BCUT2D eigenvalue weighted by atomic mass is 9.99. The van der Waals surface area contributed by atoms with Gasteiger partial charge in [-0.1, -0.05) is 18.2 Å². The maximum atomic E-state index is 12.4. The van der Waals surface area contributed by atoms with Gasteiger partial charge in [-0.3, -0.25) is 9.78 Å². The number of benzene rings is 1. The van der Waals surface area contributed by atoms with Gasteiger partial charge in [0, 0.05) is 23.9 Å². The summed E-state index contributed by atoms with van der Waals surface area (Å²) in [5, 5.41) is 15.0. The van der Waals surface area contributed by atoms with Crippen LogP contribution < -0.4 is 10.6 Å². The number of alkyl carbamates (subject to hydrolysis) is 1. The van der Waals surface area contributed by atoms with Gasteiger partial charge in [0.25, 0.3) is 0 Å². The number of carbonyl (C=O) groups excluding carboxylic acids is 2.